The van der Waals surface area contributed by atoms with Crippen molar-refractivity contribution in [2.75, 3.05) is 5.32 Å². The molecule has 0 radical (unpaired) electrons. The second-order valence-electron chi connectivity index (χ2n) is 4.85. The average molecular weight is 254 g/mol. The number of anilines is 1. The van der Waals surface area contributed by atoms with E-state index in [4.69, 9.17) is 11.6 Å². The van der Waals surface area contributed by atoms with Crippen molar-refractivity contribution >= 4 is 17.4 Å². The van der Waals surface area contributed by atoms with E-state index in [1.54, 1.807) is 0 Å². The zero-order valence-electron chi connectivity index (χ0n) is 10.6. The molecule has 1 fully saturated rings. The normalized spacial score (nSPS) is 17.6. The Bertz CT molecular complexity index is 383. The molecule has 0 atom stereocenters. The predicted octanol–water partition coefficient (Wildman–Crippen LogP) is 3.83. The number of aromatic nitrogens is 2. The highest BCUT2D eigenvalue weighted by molar-refractivity contribution is 6.29. The minimum Gasteiger partial charge on any atom is -0.364 e. The molecule has 0 aromatic carbocycles. The maximum atomic E-state index is 6.03. The first-order valence-electron chi connectivity index (χ1n) is 6.49. The molecule has 0 spiro atoms. The summed E-state index contributed by atoms with van der Waals surface area (Å²) in [7, 11) is 0. The van der Waals surface area contributed by atoms with E-state index in [0.717, 1.165) is 30.9 Å². The summed E-state index contributed by atoms with van der Waals surface area (Å²) in [6.45, 7) is 4.35. The quantitative estimate of drug-likeness (QED) is 0.811. The number of hydrogen-bond acceptors (Lipinski definition) is 3. The summed E-state index contributed by atoms with van der Waals surface area (Å²) in [5, 5.41) is 4.08. The van der Waals surface area contributed by atoms with Crippen molar-refractivity contribution in [2.24, 2.45) is 0 Å². The topological polar surface area (TPSA) is 37.8 Å². The smallest absolute Gasteiger partial charge is 0.134 e. The van der Waals surface area contributed by atoms with E-state index in [2.05, 4.69) is 29.1 Å². The Kier molecular flexibility index (Phi) is 3.87. The van der Waals surface area contributed by atoms with Crippen LogP contribution in [-0.4, -0.2) is 15.5 Å². The highest BCUT2D eigenvalue weighted by Crippen LogP contribution is 2.37. The van der Waals surface area contributed by atoms with E-state index in [-0.39, 0.29) is 5.54 Å². The summed E-state index contributed by atoms with van der Waals surface area (Å²) in [4.78, 5) is 8.77. The maximum absolute atomic E-state index is 6.03. The maximum Gasteiger partial charge on any atom is 0.134 e. The molecule has 1 heterocycles. The van der Waals surface area contributed by atoms with Gasteiger partial charge in [0.25, 0.3) is 0 Å². The summed E-state index contributed by atoms with van der Waals surface area (Å²) in [5.41, 5.74) is 0.251. The van der Waals surface area contributed by atoms with E-state index < -0.39 is 0 Å². The largest absolute Gasteiger partial charge is 0.364 e. The van der Waals surface area contributed by atoms with E-state index >= 15 is 0 Å². The Morgan fingerprint density at radius 3 is 2.65 bits per heavy atom. The van der Waals surface area contributed by atoms with Crippen LogP contribution in [0.5, 0.6) is 0 Å². The molecule has 2 rings (SSSR count). The zero-order valence-corrected chi connectivity index (χ0v) is 11.3. The van der Waals surface area contributed by atoms with Gasteiger partial charge in [-0.15, -0.1) is 0 Å². The van der Waals surface area contributed by atoms with Crippen LogP contribution in [0.25, 0.3) is 0 Å². The molecule has 1 aromatic rings. The van der Waals surface area contributed by atoms with Crippen molar-refractivity contribution in [1.82, 2.24) is 9.97 Å². The molecule has 1 aliphatic carbocycles. The van der Waals surface area contributed by atoms with Crippen LogP contribution in [0.3, 0.4) is 0 Å². The third-order valence-corrected chi connectivity index (χ3v) is 3.79. The van der Waals surface area contributed by atoms with E-state index in [9.17, 15) is 0 Å². The van der Waals surface area contributed by atoms with Gasteiger partial charge in [-0.25, -0.2) is 9.97 Å². The number of rotatable bonds is 5. The first-order valence-corrected chi connectivity index (χ1v) is 6.87. The zero-order chi connectivity index (χ0) is 12.3. The standard InChI is InChI=1S/C13H20ClN3/c1-3-6-11-15-10(14)9-12(16-11)17-13(4-2)7-5-8-13/h9H,3-8H2,1-2H3,(H,15,16,17). The molecule has 4 heteroatoms. The highest BCUT2D eigenvalue weighted by Gasteiger charge is 2.35. The van der Waals surface area contributed by atoms with Gasteiger partial charge in [-0.3, -0.25) is 0 Å². The number of halogens is 1. The Morgan fingerprint density at radius 2 is 2.12 bits per heavy atom. The molecule has 3 nitrogen and oxygen atoms in total. The Labute approximate surface area is 108 Å². The second-order valence-corrected chi connectivity index (χ2v) is 5.24. The summed E-state index contributed by atoms with van der Waals surface area (Å²) in [6, 6.07) is 1.83. The number of hydrogen-bond donors (Lipinski definition) is 1. The minimum atomic E-state index is 0.251. The van der Waals surface area contributed by atoms with E-state index in [1.807, 2.05) is 6.07 Å². The Balaban J connectivity index is 2.14. The lowest BCUT2D eigenvalue weighted by Gasteiger charge is -2.42. The van der Waals surface area contributed by atoms with Crippen LogP contribution in [0.15, 0.2) is 6.07 Å². The molecular formula is C13H20ClN3. The van der Waals surface area contributed by atoms with Crippen LogP contribution in [0.1, 0.15) is 51.8 Å². The number of nitrogens with one attached hydrogen (secondary N) is 1. The van der Waals surface area contributed by atoms with Crippen molar-refractivity contribution in [3.63, 3.8) is 0 Å². The van der Waals surface area contributed by atoms with Gasteiger partial charge in [0.15, 0.2) is 0 Å². The molecule has 1 saturated carbocycles. The molecule has 17 heavy (non-hydrogen) atoms. The fourth-order valence-electron chi connectivity index (χ4n) is 2.31. The van der Waals surface area contributed by atoms with Crippen molar-refractivity contribution in [3.8, 4) is 0 Å². The van der Waals surface area contributed by atoms with Crippen LogP contribution in [0, 0.1) is 0 Å². The lowest BCUT2D eigenvalue weighted by atomic mass is 9.75. The summed E-state index contributed by atoms with van der Waals surface area (Å²) in [5.74, 6) is 1.73. The molecule has 0 saturated heterocycles. The van der Waals surface area contributed by atoms with Crippen LogP contribution in [0.2, 0.25) is 5.15 Å². The third kappa shape index (κ3) is 2.89. The van der Waals surface area contributed by atoms with Gasteiger partial charge in [0.1, 0.15) is 16.8 Å². The average Bonchev–Trinajstić information content (AvgIpc) is 2.23. The summed E-state index contributed by atoms with van der Waals surface area (Å²) >= 11 is 6.03. The lowest BCUT2D eigenvalue weighted by molar-refractivity contribution is 0.268. The van der Waals surface area contributed by atoms with Crippen LogP contribution < -0.4 is 5.32 Å². The van der Waals surface area contributed by atoms with Gasteiger partial charge in [-0.1, -0.05) is 25.4 Å². The van der Waals surface area contributed by atoms with Crippen LogP contribution in [-0.2, 0) is 6.42 Å². The van der Waals surface area contributed by atoms with Gasteiger partial charge in [0.2, 0.25) is 0 Å². The molecule has 1 aliphatic rings. The summed E-state index contributed by atoms with van der Waals surface area (Å²) < 4.78 is 0. The molecule has 1 aromatic heterocycles. The second kappa shape index (κ2) is 5.21. The monoisotopic (exact) mass is 253 g/mol. The Hall–Kier alpha value is -0.830. The molecule has 94 valence electrons. The van der Waals surface area contributed by atoms with Gasteiger partial charge >= 0.3 is 0 Å². The SMILES string of the molecule is CCCc1nc(Cl)cc(NC2(CC)CCC2)n1. The van der Waals surface area contributed by atoms with Crippen molar-refractivity contribution in [2.45, 2.75) is 57.9 Å². The summed E-state index contributed by atoms with van der Waals surface area (Å²) in [6.07, 6.45) is 6.83. The van der Waals surface area contributed by atoms with Crippen molar-refractivity contribution in [3.05, 3.63) is 17.0 Å². The third-order valence-electron chi connectivity index (χ3n) is 3.60. The van der Waals surface area contributed by atoms with Gasteiger partial charge < -0.3 is 5.32 Å². The molecule has 0 bridgehead atoms. The number of nitrogens with zero attached hydrogens (tertiary/aromatic N) is 2. The van der Waals surface area contributed by atoms with E-state index in [0.29, 0.717) is 5.15 Å². The number of aryl methyl sites for hydroxylation is 1. The van der Waals surface area contributed by atoms with Gasteiger partial charge in [0, 0.05) is 18.0 Å². The first kappa shape index (κ1) is 12.6. The molecule has 0 aliphatic heterocycles. The van der Waals surface area contributed by atoms with E-state index in [1.165, 1.54) is 19.3 Å². The highest BCUT2D eigenvalue weighted by atomic mass is 35.5. The van der Waals surface area contributed by atoms with Gasteiger partial charge in [-0.05, 0) is 32.1 Å². The predicted molar refractivity (Wildman–Crippen MR) is 71.5 cm³/mol. The molecular weight excluding hydrogens is 234 g/mol. The van der Waals surface area contributed by atoms with Crippen molar-refractivity contribution in [1.29, 1.82) is 0 Å². The molecule has 1 N–H and O–H groups in total. The fourth-order valence-corrected chi connectivity index (χ4v) is 2.51. The van der Waals surface area contributed by atoms with Crippen molar-refractivity contribution < 1.29 is 0 Å². The fraction of sp³-hybridized carbons (Fsp3) is 0.692. The van der Waals surface area contributed by atoms with Crippen LogP contribution >= 0.6 is 11.6 Å². The lowest BCUT2D eigenvalue weighted by Crippen LogP contribution is -2.44. The van der Waals surface area contributed by atoms with Gasteiger partial charge in [0.05, 0.1) is 0 Å². The molecule has 0 unspecified atom stereocenters. The Morgan fingerprint density at radius 1 is 1.35 bits per heavy atom. The van der Waals surface area contributed by atoms with Gasteiger partial charge in [-0.2, -0.15) is 0 Å². The van der Waals surface area contributed by atoms with Crippen LogP contribution in [0.4, 0.5) is 5.82 Å². The molecule has 0 amide bonds. The first-order chi connectivity index (χ1) is 8.17. The minimum absolute atomic E-state index is 0.251.